The molecule has 0 bridgehead atoms. The standard InChI is InChI=1S/C26H26FNO4S/c1-16(18-6-8-19(9-7-18)26(30)31-2)28-25(29)24-21-13-14-32-15-23(21)33-22(24)12-5-17-3-10-20(27)11-4-17/h3-4,6-11,16H,5,12-15H2,1-2H3,(H,28,29)/t16-/m0/s1. The van der Waals surface area contributed by atoms with Crippen LogP contribution < -0.4 is 5.32 Å². The number of carbonyl (C=O) groups is 2. The molecule has 1 N–H and O–H groups in total. The summed E-state index contributed by atoms with van der Waals surface area (Å²) in [6.45, 7) is 3.05. The number of hydrogen-bond acceptors (Lipinski definition) is 5. The van der Waals surface area contributed by atoms with Crippen molar-refractivity contribution in [3.05, 3.63) is 91.9 Å². The Hall–Kier alpha value is -3.03. The summed E-state index contributed by atoms with van der Waals surface area (Å²) in [6.07, 6.45) is 2.15. The molecule has 2 aromatic carbocycles. The molecule has 4 rings (SSSR count). The zero-order chi connectivity index (χ0) is 23.4. The molecule has 1 aromatic heterocycles. The van der Waals surface area contributed by atoms with Crippen LogP contribution in [-0.4, -0.2) is 25.6 Å². The van der Waals surface area contributed by atoms with Crippen LogP contribution in [0.4, 0.5) is 4.39 Å². The van der Waals surface area contributed by atoms with Crippen LogP contribution in [0.2, 0.25) is 0 Å². The first-order valence-electron chi connectivity index (χ1n) is 10.9. The second-order valence-electron chi connectivity index (χ2n) is 8.04. The second-order valence-corrected chi connectivity index (χ2v) is 9.23. The van der Waals surface area contributed by atoms with E-state index in [4.69, 9.17) is 9.47 Å². The number of hydrogen-bond donors (Lipinski definition) is 1. The maximum Gasteiger partial charge on any atom is 0.337 e. The molecule has 7 heteroatoms. The summed E-state index contributed by atoms with van der Waals surface area (Å²) in [4.78, 5) is 27.2. The Kier molecular flexibility index (Phi) is 7.20. The lowest BCUT2D eigenvalue weighted by Gasteiger charge is -2.18. The zero-order valence-corrected chi connectivity index (χ0v) is 19.5. The lowest BCUT2D eigenvalue weighted by Crippen LogP contribution is -2.28. The van der Waals surface area contributed by atoms with Gasteiger partial charge >= 0.3 is 5.97 Å². The molecular formula is C26H26FNO4S. The van der Waals surface area contributed by atoms with E-state index in [-0.39, 0.29) is 17.8 Å². The first-order chi connectivity index (χ1) is 16.0. The minimum Gasteiger partial charge on any atom is -0.465 e. The number of rotatable bonds is 7. The van der Waals surface area contributed by atoms with Crippen molar-refractivity contribution in [1.82, 2.24) is 5.32 Å². The average molecular weight is 468 g/mol. The lowest BCUT2D eigenvalue weighted by molar-refractivity contribution is 0.0600. The second kappa shape index (κ2) is 10.3. The Labute approximate surface area is 196 Å². The fourth-order valence-corrected chi connectivity index (χ4v) is 5.30. The minimum atomic E-state index is -0.392. The highest BCUT2D eigenvalue weighted by Crippen LogP contribution is 2.34. The number of amides is 1. The number of ether oxygens (including phenoxy) is 2. The number of fused-ring (bicyclic) bond motifs is 1. The molecule has 0 saturated carbocycles. The van der Waals surface area contributed by atoms with E-state index in [2.05, 4.69) is 5.32 Å². The molecule has 0 saturated heterocycles. The molecule has 33 heavy (non-hydrogen) atoms. The van der Waals surface area contributed by atoms with Crippen LogP contribution in [0.1, 0.15) is 60.1 Å². The molecule has 1 atom stereocenters. The number of carbonyl (C=O) groups excluding carboxylic acids is 2. The van der Waals surface area contributed by atoms with Gasteiger partial charge in [0.1, 0.15) is 5.82 Å². The maximum atomic E-state index is 13.4. The van der Waals surface area contributed by atoms with Crippen LogP contribution in [0.15, 0.2) is 48.5 Å². The molecule has 0 spiro atoms. The van der Waals surface area contributed by atoms with Crippen LogP contribution in [0.3, 0.4) is 0 Å². The number of methoxy groups -OCH3 is 1. The van der Waals surface area contributed by atoms with Crippen LogP contribution in [0.25, 0.3) is 0 Å². The van der Waals surface area contributed by atoms with Crippen LogP contribution in [0.5, 0.6) is 0 Å². The summed E-state index contributed by atoms with van der Waals surface area (Å²) < 4.78 is 23.6. The van der Waals surface area contributed by atoms with Gasteiger partial charge in [-0.3, -0.25) is 4.79 Å². The van der Waals surface area contributed by atoms with Crippen LogP contribution >= 0.6 is 11.3 Å². The molecule has 172 valence electrons. The lowest BCUT2D eigenvalue weighted by atomic mass is 9.99. The van der Waals surface area contributed by atoms with Gasteiger partial charge in [0.05, 0.1) is 37.5 Å². The van der Waals surface area contributed by atoms with Gasteiger partial charge in [-0.15, -0.1) is 11.3 Å². The van der Waals surface area contributed by atoms with E-state index in [1.54, 1.807) is 35.6 Å². The normalized spacial score (nSPS) is 13.8. The monoisotopic (exact) mass is 467 g/mol. The summed E-state index contributed by atoms with van der Waals surface area (Å²) in [5.74, 6) is -0.750. The third-order valence-electron chi connectivity index (χ3n) is 5.85. The van der Waals surface area contributed by atoms with E-state index in [0.29, 0.717) is 31.6 Å². The minimum absolute atomic E-state index is 0.104. The summed E-state index contributed by atoms with van der Waals surface area (Å²) in [5.41, 5.74) is 4.22. The third kappa shape index (κ3) is 5.31. The SMILES string of the molecule is COC(=O)c1ccc([C@H](C)NC(=O)c2c(CCc3ccc(F)cc3)sc3c2CCOC3)cc1. The molecule has 0 fully saturated rings. The molecule has 0 unspecified atom stereocenters. The zero-order valence-electron chi connectivity index (χ0n) is 18.7. The maximum absolute atomic E-state index is 13.4. The largest absolute Gasteiger partial charge is 0.465 e. The molecule has 1 aliphatic heterocycles. The van der Waals surface area contributed by atoms with Crippen molar-refractivity contribution in [3.8, 4) is 0 Å². The molecule has 0 radical (unpaired) electrons. The molecule has 3 aromatic rings. The molecule has 1 amide bonds. The number of nitrogens with one attached hydrogen (secondary N) is 1. The van der Waals surface area contributed by atoms with E-state index in [9.17, 15) is 14.0 Å². The Morgan fingerprint density at radius 3 is 2.55 bits per heavy atom. The Balaban J connectivity index is 1.52. The first-order valence-corrected chi connectivity index (χ1v) is 11.7. The number of esters is 1. The van der Waals surface area contributed by atoms with Crippen molar-refractivity contribution in [1.29, 1.82) is 0 Å². The topological polar surface area (TPSA) is 64.6 Å². The molecule has 0 aliphatic carbocycles. The smallest absolute Gasteiger partial charge is 0.337 e. The van der Waals surface area contributed by atoms with Crippen molar-refractivity contribution >= 4 is 23.2 Å². The van der Waals surface area contributed by atoms with Crippen molar-refractivity contribution in [2.45, 2.75) is 38.8 Å². The highest BCUT2D eigenvalue weighted by molar-refractivity contribution is 7.12. The van der Waals surface area contributed by atoms with E-state index >= 15 is 0 Å². The van der Waals surface area contributed by atoms with Gasteiger partial charge in [0.25, 0.3) is 5.91 Å². The van der Waals surface area contributed by atoms with Gasteiger partial charge in [0, 0.05) is 9.75 Å². The third-order valence-corrected chi connectivity index (χ3v) is 7.12. The van der Waals surface area contributed by atoms with E-state index in [0.717, 1.165) is 38.4 Å². The number of thiophene rings is 1. The number of halogens is 1. The quantitative estimate of drug-likeness (QED) is 0.496. The molecule has 5 nitrogen and oxygen atoms in total. The predicted octanol–water partition coefficient (Wildman–Crippen LogP) is 5.02. The molecule has 2 heterocycles. The fraction of sp³-hybridized carbons (Fsp3) is 0.308. The average Bonchev–Trinajstić information content (AvgIpc) is 3.21. The van der Waals surface area contributed by atoms with Gasteiger partial charge in [-0.1, -0.05) is 24.3 Å². The van der Waals surface area contributed by atoms with E-state index in [1.807, 2.05) is 19.1 Å². The Morgan fingerprint density at radius 2 is 1.85 bits per heavy atom. The van der Waals surface area contributed by atoms with Crippen molar-refractivity contribution < 1.29 is 23.5 Å². The summed E-state index contributed by atoms with van der Waals surface area (Å²) in [5, 5.41) is 3.12. The van der Waals surface area contributed by atoms with Crippen molar-refractivity contribution in [3.63, 3.8) is 0 Å². The summed E-state index contributed by atoms with van der Waals surface area (Å²) in [7, 11) is 1.35. The van der Waals surface area contributed by atoms with Gasteiger partial charge in [0.2, 0.25) is 0 Å². The van der Waals surface area contributed by atoms with Gasteiger partial charge in [-0.25, -0.2) is 9.18 Å². The fourth-order valence-electron chi connectivity index (χ4n) is 4.02. The highest BCUT2D eigenvalue weighted by atomic mass is 32.1. The Bertz CT molecular complexity index is 1140. The molecular weight excluding hydrogens is 441 g/mol. The molecule has 1 aliphatic rings. The van der Waals surface area contributed by atoms with Crippen LogP contribution in [-0.2, 0) is 35.3 Å². The van der Waals surface area contributed by atoms with Crippen molar-refractivity contribution in [2.24, 2.45) is 0 Å². The highest BCUT2D eigenvalue weighted by Gasteiger charge is 2.26. The van der Waals surface area contributed by atoms with Gasteiger partial charge in [-0.05, 0) is 67.1 Å². The van der Waals surface area contributed by atoms with Gasteiger partial charge in [0.15, 0.2) is 0 Å². The van der Waals surface area contributed by atoms with E-state index in [1.165, 1.54) is 19.2 Å². The summed E-state index contributed by atoms with van der Waals surface area (Å²) in [6, 6.07) is 13.3. The summed E-state index contributed by atoms with van der Waals surface area (Å²) >= 11 is 1.63. The Morgan fingerprint density at radius 1 is 1.12 bits per heavy atom. The van der Waals surface area contributed by atoms with Gasteiger partial charge in [-0.2, -0.15) is 0 Å². The first kappa shape index (κ1) is 23.1. The van der Waals surface area contributed by atoms with Gasteiger partial charge < -0.3 is 14.8 Å². The number of aryl methyl sites for hydroxylation is 2. The van der Waals surface area contributed by atoms with E-state index < -0.39 is 5.97 Å². The predicted molar refractivity (Wildman–Crippen MR) is 125 cm³/mol. The van der Waals surface area contributed by atoms with Crippen LogP contribution in [0, 0.1) is 5.82 Å². The number of benzene rings is 2. The van der Waals surface area contributed by atoms with Crippen molar-refractivity contribution in [2.75, 3.05) is 13.7 Å².